The van der Waals surface area contributed by atoms with Gasteiger partial charge >= 0.3 is 0 Å². The molecule has 0 bridgehead atoms. The molecule has 2 atom stereocenters. The Kier molecular flexibility index (Phi) is 10.8. The molecule has 21 heavy (non-hydrogen) atoms. The molecule has 0 fully saturated rings. The van der Waals surface area contributed by atoms with Gasteiger partial charge in [0.1, 0.15) is 12.2 Å². The Morgan fingerprint density at radius 2 is 1.29 bits per heavy atom. The van der Waals surface area contributed by atoms with Gasteiger partial charge in [-0.2, -0.15) is 0 Å². The van der Waals surface area contributed by atoms with E-state index in [0.717, 1.165) is 0 Å². The summed E-state index contributed by atoms with van der Waals surface area (Å²) in [6.45, 7) is 8.60. The first-order valence-corrected chi connectivity index (χ1v) is 7.27. The molecule has 124 valence electrons. The van der Waals surface area contributed by atoms with Crippen molar-refractivity contribution in [1.29, 1.82) is 0 Å². The molecule has 0 radical (unpaired) electrons. The molecular formula is C14H28N2O5. The van der Waals surface area contributed by atoms with Crippen molar-refractivity contribution in [2.45, 2.75) is 46.0 Å². The molecular weight excluding hydrogens is 276 g/mol. The van der Waals surface area contributed by atoms with Crippen molar-refractivity contribution in [3.63, 3.8) is 0 Å². The smallest absolute Gasteiger partial charge is 0.248 e. The number of ether oxygens (including phenoxy) is 3. The third kappa shape index (κ3) is 8.64. The maximum absolute atomic E-state index is 11.7. The van der Waals surface area contributed by atoms with E-state index >= 15 is 0 Å². The Morgan fingerprint density at radius 1 is 0.905 bits per heavy atom. The van der Waals surface area contributed by atoms with Crippen LogP contribution < -0.4 is 10.6 Å². The number of nitrogens with one attached hydrogen (secondary N) is 2. The summed E-state index contributed by atoms with van der Waals surface area (Å²) < 4.78 is 15.6. The monoisotopic (exact) mass is 304 g/mol. The number of carbonyl (C=O) groups is 2. The molecule has 0 aromatic heterocycles. The van der Waals surface area contributed by atoms with E-state index in [9.17, 15) is 9.59 Å². The number of methoxy groups -OCH3 is 1. The van der Waals surface area contributed by atoms with Crippen molar-refractivity contribution < 1.29 is 23.8 Å². The lowest BCUT2D eigenvalue weighted by atomic mass is 10.3. The van der Waals surface area contributed by atoms with Crippen molar-refractivity contribution in [2.75, 3.05) is 33.4 Å². The Balaban J connectivity index is 4.06. The van der Waals surface area contributed by atoms with Crippen LogP contribution in [0.2, 0.25) is 0 Å². The van der Waals surface area contributed by atoms with E-state index in [0.29, 0.717) is 26.3 Å². The highest BCUT2D eigenvalue weighted by molar-refractivity contribution is 5.81. The maximum atomic E-state index is 11.7. The zero-order chi connectivity index (χ0) is 16.3. The van der Waals surface area contributed by atoms with E-state index in [-0.39, 0.29) is 17.9 Å². The van der Waals surface area contributed by atoms with Crippen LogP contribution in [0.4, 0.5) is 0 Å². The number of rotatable bonds is 11. The van der Waals surface area contributed by atoms with Gasteiger partial charge in [-0.25, -0.2) is 0 Å². The van der Waals surface area contributed by atoms with Gasteiger partial charge < -0.3 is 24.8 Å². The topological polar surface area (TPSA) is 85.9 Å². The van der Waals surface area contributed by atoms with E-state index in [4.69, 9.17) is 14.2 Å². The third-order valence-corrected chi connectivity index (χ3v) is 2.91. The summed E-state index contributed by atoms with van der Waals surface area (Å²) in [6.07, 6.45) is -1.30. The highest BCUT2D eigenvalue weighted by atomic mass is 16.5. The minimum absolute atomic E-state index is 0.201. The summed E-state index contributed by atoms with van der Waals surface area (Å²) in [7, 11) is 1.53. The molecule has 2 N–H and O–H groups in total. The van der Waals surface area contributed by atoms with Crippen LogP contribution in [0.3, 0.4) is 0 Å². The molecule has 0 aliphatic rings. The summed E-state index contributed by atoms with van der Waals surface area (Å²) >= 11 is 0. The summed E-state index contributed by atoms with van der Waals surface area (Å²) in [4.78, 5) is 23.4. The van der Waals surface area contributed by atoms with Gasteiger partial charge in [-0.05, 0) is 27.7 Å². The first kappa shape index (κ1) is 19.8. The van der Waals surface area contributed by atoms with Crippen molar-refractivity contribution in [3.8, 4) is 0 Å². The van der Waals surface area contributed by atoms with Crippen LogP contribution >= 0.6 is 0 Å². The van der Waals surface area contributed by atoms with Gasteiger partial charge in [-0.3, -0.25) is 9.59 Å². The van der Waals surface area contributed by atoms with Crippen LogP contribution in [0, 0.1) is 0 Å². The van der Waals surface area contributed by atoms with Crippen molar-refractivity contribution >= 4 is 11.8 Å². The number of amides is 2. The van der Waals surface area contributed by atoms with E-state index < -0.39 is 12.2 Å². The molecule has 0 aromatic carbocycles. The standard InChI is InChI=1S/C14H28N2O5/c1-6-20-10(3)13(17)15-8-12(19-5)9-16-14(18)11(4)21-7-2/h10-12H,6-9H2,1-5H3,(H,15,17)(H,16,18). The SMILES string of the molecule is CCOC(C)C(=O)NCC(CNC(=O)C(C)OCC)OC. The summed E-state index contributed by atoms with van der Waals surface area (Å²) in [5, 5.41) is 5.45. The fraction of sp³-hybridized carbons (Fsp3) is 0.857. The lowest BCUT2D eigenvalue weighted by molar-refractivity contribution is -0.132. The molecule has 0 saturated carbocycles. The van der Waals surface area contributed by atoms with E-state index in [1.165, 1.54) is 7.11 Å². The van der Waals surface area contributed by atoms with Gasteiger partial charge in [-0.1, -0.05) is 0 Å². The molecule has 0 aliphatic carbocycles. The maximum Gasteiger partial charge on any atom is 0.248 e. The second-order valence-corrected chi connectivity index (χ2v) is 4.54. The molecule has 7 heteroatoms. The van der Waals surface area contributed by atoms with Crippen molar-refractivity contribution in [1.82, 2.24) is 10.6 Å². The Bertz CT molecular complexity index is 284. The lowest BCUT2D eigenvalue weighted by Crippen LogP contribution is -2.45. The lowest BCUT2D eigenvalue weighted by Gasteiger charge is -2.19. The van der Waals surface area contributed by atoms with Gasteiger partial charge in [-0.15, -0.1) is 0 Å². The molecule has 0 rings (SSSR count). The third-order valence-electron chi connectivity index (χ3n) is 2.91. The molecule has 0 heterocycles. The predicted octanol–water partition coefficient (Wildman–Crippen LogP) is 0.0838. The van der Waals surface area contributed by atoms with Gasteiger partial charge in [0.15, 0.2) is 0 Å². The van der Waals surface area contributed by atoms with E-state index in [1.54, 1.807) is 13.8 Å². The molecule has 0 aliphatic heterocycles. The average Bonchev–Trinajstić information content (AvgIpc) is 2.47. The second-order valence-electron chi connectivity index (χ2n) is 4.54. The van der Waals surface area contributed by atoms with Gasteiger partial charge in [0.05, 0.1) is 6.10 Å². The summed E-state index contributed by atoms with van der Waals surface area (Å²) in [5.41, 5.74) is 0. The fourth-order valence-corrected chi connectivity index (χ4v) is 1.61. The zero-order valence-corrected chi connectivity index (χ0v) is 13.6. The van der Waals surface area contributed by atoms with Crippen LogP contribution in [0.5, 0.6) is 0 Å². The van der Waals surface area contributed by atoms with Crippen LogP contribution in [0.15, 0.2) is 0 Å². The summed E-state index contributed by atoms with van der Waals surface area (Å²) in [5.74, 6) is -0.402. The largest absolute Gasteiger partial charge is 0.378 e. The van der Waals surface area contributed by atoms with Gasteiger partial charge in [0, 0.05) is 33.4 Å². The first-order chi connectivity index (χ1) is 9.96. The predicted molar refractivity (Wildman–Crippen MR) is 79.0 cm³/mol. The Hall–Kier alpha value is -1.18. The van der Waals surface area contributed by atoms with Gasteiger partial charge in [0.2, 0.25) is 11.8 Å². The Labute approximate surface area is 126 Å². The van der Waals surface area contributed by atoms with E-state index in [2.05, 4.69) is 10.6 Å². The van der Waals surface area contributed by atoms with Crippen LogP contribution in [-0.4, -0.2) is 63.5 Å². The minimum atomic E-state index is -0.500. The Morgan fingerprint density at radius 3 is 1.57 bits per heavy atom. The van der Waals surface area contributed by atoms with E-state index in [1.807, 2.05) is 13.8 Å². The van der Waals surface area contributed by atoms with Crippen molar-refractivity contribution in [3.05, 3.63) is 0 Å². The van der Waals surface area contributed by atoms with Crippen LogP contribution in [0.1, 0.15) is 27.7 Å². The number of carbonyl (C=O) groups excluding carboxylic acids is 2. The minimum Gasteiger partial charge on any atom is -0.378 e. The quantitative estimate of drug-likeness (QED) is 0.565. The highest BCUT2D eigenvalue weighted by Gasteiger charge is 2.17. The second kappa shape index (κ2) is 11.5. The molecule has 0 spiro atoms. The highest BCUT2D eigenvalue weighted by Crippen LogP contribution is 1.94. The fourth-order valence-electron chi connectivity index (χ4n) is 1.61. The van der Waals surface area contributed by atoms with Crippen LogP contribution in [-0.2, 0) is 23.8 Å². The van der Waals surface area contributed by atoms with Crippen LogP contribution in [0.25, 0.3) is 0 Å². The van der Waals surface area contributed by atoms with Crippen molar-refractivity contribution in [2.24, 2.45) is 0 Å². The molecule has 0 saturated heterocycles. The first-order valence-electron chi connectivity index (χ1n) is 7.27. The molecule has 2 amide bonds. The average molecular weight is 304 g/mol. The number of hydrogen-bond acceptors (Lipinski definition) is 5. The summed E-state index contributed by atoms with van der Waals surface area (Å²) in [6, 6.07) is 0. The molecule has 0 aromatic rings. The van der Waals surface area contributed by atoms with Gasteiger partial charge in [0.25, 0.3) is 0 Å². The zero-order valence-electron chi connectivity index (χ0n) is 13.6. The molecule has 7 nitrogen and oxygen atoms in total. The normalized spacial score (nSPS) is 15.1. The number of hydrogen-bond donors (Lipinski definition) is 2. The molecule has 2 unspecified atom stereocenters.